The average molecular weight is 219 g/mol. The minimum absolute atomic E-state index is 0. The van der Waals surface area contributed by atoms with E-state index in [1.165, 1.54) is 0 Å². The summed E-state index contributed by atoms with van der Waals surface area (Å²) in [6.07, 6.45) is 0. The Morgan fingerprint density at radius 3 is 0.800 bits per heavy atom. The zero-order valence-electron chi connectivity index (χ0n) is 1.40. The number of rotatable bonds is 0. The summed E-state index contributed by atoms with van der Waals surface area (Å²) in [6, 6.07) is 0. The van der Waals surface area contributed by atoms with Crippen LogP contribution in [0.25, 0.3) is 0 Å². The molecule has 0 spiro atoms. The molecular weight excluding hydrogens is 213 g/mol. The van der Waals surface area contributed by atoms with Crippen LogP contribution in [0.3, 0.4) is 0 Å². The maximum Gasteiger partial charge on any atom is 0.187 e. The van der Waals surface area contributed by atoms with Crippen LogP contribution in [0, 0.1) is 0 Å². The van der Waals surface area contributed by atoms with E-state index in [0.717, 1.165) is 0 Å². The maximum atomic E-state index is 0. The van der Waals surface area contributed by atoms with Gasteiger partial charge < -0.3 is 0 Å². The third-order valence-electron chi connectivity index (χ3n) is 0. The van der Waals surface area contributed by atoms with Crippen LogP contribution in [0.2, 0.25) is 0 Å². The Hall–Kier alpha value is 2.39. The molecule has 5 heteroatoms. The molecular formula is H6Al2BMnNb. The molecule has 0 unspecified atom stereocenters. The van der Waals surface area contributed by atoms with Gasteiger partial charge in [0, 0.05) is 47.9 Å². The van der Waals surface area contributed by atoms with Crippen LogP contribution >= 0.6 is 0 Å². The third-order valence-corrected chi connectivity index (χ3v) is 0. The van der Waals surface area contributed by atoms with Gasteiger partial charge in [-0.1, -0.05) is 0 Å². The molecule has 0 atom stereocenters. The van der Waals surface area contributed by atoms with Gasteiger partial charge in [0.05, 0.1) is 0 Å². The van der Waals surface area contributed by atoms with Crippen LogP contribution in [0.4, 0.5) is 0 Å². The van der Waals surface area contributed by atoms with Crippen molar-refractivity contribution >= 4 is 43.1 Å². The average Bonchev–Trinajstić information content (AvgIpc) is 0. The van der Waals surface area contributed by atoms with Gasteiger partial charge in [-0.3, -0.25) is 0 Å². The van der Waals surface area contributed by atoms with Crippen LogP contribution in [-0.2, 0) is 39.4 Å². The van der Waals surface area contributed by atoms with Crippen molar-refractivity contribution in [2.75, 3.05) is 0 Å². The molecule has 0 rings (SSSR count). The normalized spacial score (nSPS) is 0. The van der Waals surface area contributed by atoms with Crippen molar-refractivity contribution in [3.05, 3.63) is 0 Å². The van der Waals surface area contributed by atoms with Crippen molar-refractivity contribution in [1.82, 2.24) is 0 Å². The van der Waals surface area contributed by atoms with Crippen LogP contribution in [0.5, 0.6) is 0 Å². The summed E-state index contributed by atoms with van der Waals surface area (Å²) in [5.41, 5.74) is 0. The molecule has 0 nitrogen and oxygen atoms in total. The van der Waals surface area contributed by atoms with E-state index < -0.39 is 0 Å². The zero-order chi connectivity index (χ0) is 0. The van der Waals surface area contributed by atoms with E-state index in [9.17, 15) is 0 Å². The molecule has 0 fully saturated rings. The van der Waals surface area contributed by atoms with Gasteiger partial charge >= 0.3 is 0 Å². The molecule has 5 radical (unpaired) electrons. The second-order valence-corrected chi connectivity index (χ2v) is 0. The molecule has 0 saturated carbocycles. The second-order valence-electron chi connectivity index (χ2n) is 0. The van der Waals surface area contributed by atoms with E-state index in [1.54, 1.807) is 0 Å². The minimum Gasteiger partial charge on any atom is 0 e. The van der Waals surface area contributed by atoms with Crippen molar-refractivity contribution in [2.24, 2.45) is 0 Å². The first-order valence-corrected chi connectivity index (χ1v) is 0. The van der Waals surface area contributed by atoms with Crippen molar-refractivity contribution in [2.45, 2.75) is 0 Å². The topological polar surface area (TPSA) is 0 Å². The summed E-state index contributed by atoms with van der Waals surface area (Å²) in [5.74, 6) is 0. The van der Waals surface area contributed by atoms with Gasteiger partial charge in [0.15, 0.2) is 34.7 Å². The van der Waals surface area contributed by atoms with E-state index in [1.807, 2.05) is 0 Å². The van der Waals surface area contributed by atoms with Crippen molar-refractivity contribution in [3.8, 4) is 0 Å². The van der Waals surface area contributed by atoms with E-state index >= 15 is 0 Å². The summed E-state index contributed by atoms with van der Waals surface area (Å²) < 4.78 is 0. The van der Waals surface area contributed by atoms with Gasteiger partial charge in [-0.25, -0.2) is 0 Å². The fourth-order valence-corrected chi connectivity index (χ4v) is 0. The largest absolute Gasteiger partial charge is 0.187 e. The van der Waals surface area contributed by atoms with E-state index in [-0.39, 0.29) is 82.6 Å². The molecule has 27 valence electrons. The smallest absolute Gasteiger partial charge is 0 e. The van der Waals surface area contributed by atoms with E-state index in [4.69, 9.17) is 0 Å². The molecule has 0 aliphatic rings. The fraction of sp³-hybridized carbons (Fsp3) is 0. The Morgan fingerprint density at radius 1 is 0.800 bits per heavy atom. The molecule has 0 bridgehead atoms. The van der Waals surface area contributed by atoms with Crippen LogP contribution < -0.4 is 0 Å². The van der Waals surface area contributed by atoms with Gasteiger partial charge in [0.1, 0.15) is 0 Å². The Morgan fingerprint density at radius 2 is 0.800 bits per heavy atom. The summed E-state index contributed by atoms with van der Waals surface area (Å²) in [5, 5.41) is 0. The quantitative estimate of drug-likeness (QED) is 0.387. The van der Waals surface area contributed by atoms with Crippen LogP contribution in [0.15, 0.2) is 0 Å². The van der Waals surface area contributed by atoms with Gasteiger partial charge in [0.2, 0.25) is 0 Å². The van der Waals surface area contributed by atoms with Gasteiger partial charge in [0.25, 0.3) is 0 Å². The predicted octanol–water partition coefficient (Wildman–Crippen LogP) is -2.75. The molecule has 0 N–H and O–H groups in total. The maximum absolute atomic E-state index is 0. The second kappa shape index (κ2) is 32.5. The molecule has 0 aromatic rings. The fourth-order valence-electron chi connectivity index (χ4n) is 0. The third kappa shape index (κ3) is 21.6. The molecule has 0 saturated heterocycles. The predicted molar refractivity (Wildman–Crippen MR) is 25.6 cm³/mol. The SMILES string of the molecule is [AlH3].[AlH3].[B].[Mn].[Nb]. The van der Waals surface area contributed by atoms with Crippen molar-refractivity contribution in [3.63, 3.8) is 0 Å². The van der Waals surface area contributed by atoms with Crippen molar-refractivity contribution < 1.29 is 39.4 Å². The van der Waals surface area contributed by atoms with Gasteiger partial charge in [-0.2, -0.15) is 0 Å². The first-order valence-electron chi connectivity index (χ1n) is 0. The van der Waals surface area contributed by atoms with Gasteiger partial charge in [-0.15, -0.1) is 0 Å². The number of hydrogen-bond donors (Lipinski definition) is 0. The van der Waals surface area contributed by atoms with Gasteiger partial charge in [-0.05, 0) is 0 Å². The summed E-state index contributed by atoms with van der Waals surface area (Å²) in [6.45, 7) is 0. The standard InChI is InChI=1S/2Al.B.Mn.Nb.6H. The molecule has 0 aromatic heterocycles. The number of hydrogen-bond acceptors (Lipinski definition) is 0. The molecule has 5 heavy (non-hydrogen) atoms. The Labute approximate surface area is 81.7 Å². The Kier molecular flexibility index (Phi) is 343. The summed E-state index contributed by atoms with van der Waals surface area (Å²) >= 11 is 0. The summed E-state index contributed by atoms with van der Waals surface area (Å²) in [4.78, 5) is 0. The molecule has 0 amide bonds. The Bertz CT molecular complexity index is 9.61. The first kappa shape index (κ1) is 52.8. The summed E-state index contributed by atoms with van der Waals surface area (Å²) in [7, 11) is 0. The monoisotopic (exact) mass is 219 g/mol. The zero-order valence-corrected chi connectivity index (χ0v) is 4.78. The molecule has 0 heterocycles. The van der Waals surface area contributed by atoms with E-state index in [2.05, 4.69) is 0 Å². The van der Waals surface area contributed by atoms with Crippen LogP contribution in [0.1, 0.15) is 0 Å². The van der Waals surface area contributed by atoms with E-state index in [0.29, 0.717) is 0 Å². The Balaban J connectivity index is 0. The molecule has 0 aliphatic carbocycles. The van der Waals surface area contributed by atoms with Crippen molar-refractivity contribution in [1.29, 1.82) is 0 Å². The first-order chi connectivity index (χ1) is 0. The molecule has 0 aromatic carbocycles. The minimum atomic E-state index is 0. The van der Waals surface area contributed by atoms with Crippen LogP contribution in [-0.4, -0.2) is 43.1 Å². The molecule has 0 aliphatic heterocycles.